The smallest absolute Gasteiger partial charge is 0.0753 e. The van der Waals surface area contributed by atoms with E-state index in [2.05, 4.69) is 99.1 Å². The molecule has 0 fully saturated rings. The van der Waals surface area contributed by atoms with Gasteiger partial charge in [-0.2, -0.15) is 5.10 Å². The number of hydrogen-bond donors (Lipinski definition) is 0. The van der Waals surface area contributed by atoms with Crippen LogP contribution in [0.15, 0.2) is 91.1 Å². The molecule has 0 unspecified atom stereocenters. The number of benzene rings is 4. The third-order valence-electron chi connectivity index (χ3n) is 6.57. The summed E-state index contributed by atoms with van der Waals surface area (Å²) in [6.07, 6.45) is 1.89. The van der Waals surface area contributed by atoms with Gasteiger partial charge in [0.2, 0.25) is 0 Å². The normalized spacial score (nSPS) is 12.5. The fourth-order valence-corrected chi connectivity index (χ4v) is 6.55. The SMILES string of the molecule is c1ccc2c(c1)sc1c(-n3c4cccc5c4c4c3cccc4n3nccc53)cccc12. The summed E-state index contributed by atoms with van der Waals surface area (Å²) in [6.45, 7) is 0. The van der Waals surface area contributed by atoms with Crippen molar-refractivity contribution >= 4 is 69.7 Å². The average Bonchev–Trinajstić information content (AvgIpc) is 3.52. The summed E-state index contributed by atoms with van der Waals surface area (Å²) in [7, 11) is 0. The third-order valence-corrected chi connectivity index (χ3v) is 7.78. The number of aromatic nitrogens is 3. The number of nitrogens with zero attached hydrogens (tertiary/aromatic N) is 3. The molecule has 0 bridgehead atoms. The van der Waals surface area contributed by atoms with E-state index in [0.717, 1.165) is 11.0 Å². The Bertz CT molecular complexity index is 1870. The largest absolute Gasteiger partial charge is 0.308 e. The summed E-state index contributed by atoms with van der Waals surface area (Å²) < 4.78 is 7.18. The van der Waals surface area contributed by atoms with Crippen LogP contribution in [-0.4, -0.2) is 14.2 Å². The Morgan fingerprint density at radius 3 is 2.29 bits per heavy atom. The van der Waals surface area contributed by atoms with Crippen LogP contribution in [0.3, 0.4) is 0 Å². The van der Waals surface area contributed by atoms with Crippen molar-refractivity contribution in [1.29, 1.82) is 0 Å². The highest BCUT2D eigenvalue weighted by Crippen LogP contribution is 2.43. The van der Waals surface area contributed by atoms with Gasteiger partial charge in [0, 0.05) is 31.6 Å². The van der Waals surface area contributed by atoms with Gasteiger partial charge in [0.1, 0.15) is 0 Å². The highest BCUT2D eigenvalue weighted by molar-refractivity contribution is 7.26. The lowest BCUT2D eigenvalue weighted by atomic mass is 10.1. The molecule has 0 atom stereocenters. The van der Waals surface area contributed by atoms with Gasteiger partial charge >= 0.3 is 0 Å². The molecular weight excluding hydrogens is 398 g/mol. The van der Waals surface area contributed by atoms with Crippen LogP contribution in [0.25, 0.3) is 64.1 Å². The van der Waals surface area contributed by atoms with E-state index in [1.54, 1.807) is 0 Å². The molecule has 4 aromatic heterocycles. The number of fused-ring (bicyclic) bond motifs is 6. The fraction of sp³-hybridized carbons (Fsp3) is 0. The van der Waals surface area contributed by atoms with Crippen LogP contribution in [0.2, 0.25) is 0 Å². The average molecular weight is 414 g/mol. The van der Waals surface area contributed by atoms with Crippen LogP contribution in [0.5, 0.6) is 0 Å². The van der Waals surface area contributed by atoms with Gasteiger partial charge in [0.05, 0.1) is 38.7 Å². The second-order valence-electron chi connectivity index (χ2n) is 8.09. The molecule has 144 valence electrons. The van der Waals surface area contributed by atoms with Gasteiger partial charge in [0.15, 0.2) is 0 Å². The first-order valence-corrected chi connectivity index (χ1v) is 11.2. The molecule has 0 aliphatic rings. The van der Waals surface area contributed by atoms with Gasteiger partial charge in [-0.05, 0) is 36.4 Å². The van der Waals surface area contributed by atoms with Gasteiger partial charge in [-0.3, -0.25) is 0 Å². The van der Waals surface area contributed by atoms with Crippen molar-refractivity contribution in [2.45, 2.75) is 0 Å². The van der Waals surface area contributed by atoms with Crippen molar-refractivity contribution in [3.05, 3.63) is 91.1 Å². The molecule has 0 aliphatic carbocycles. The van der Waals surface area contributed by atoms with Gasteiger partial charge in [-0.25, -0.2) is 4.52 Å². The third kappa shape index (κ3) is 1.83. The second kappa shape index (κ2) is 5.42. The maximum atomic E-state index is 4.64. The van der Waals surface area contributed by atoms with Crippen LogP contribution >= 0.6 is 11.3 Å². The topological polar surface area (TPSA) is 22.2 Å². The van der Waals surface area contributed by atoms with Crippen LogP contribution in [0.4, 0.5) is 0 Å². The molecular formula is C27H15N3S. The van der Waals surface area contributed by atoms with E-state index in [1.807, 2.05) is 17.5 Å². The van der Waals surface area contributed by atoms with Crippen molar-refractivity contribution in [1.82, 2.24) is 14.2 Å². The predicted molar refractivity (Wildman–Crippen MR) is 131 cm³/mol. The molecule has 0 N–H and O–H groups in total. The molecule has 8 aromatic rings. The lowest BCUT2D eigenvalue weighted by Gasteiger charge is -2.09. The Balaban J connectivity index is 1.65. The minimum atomic E-state index is 1.16. The number of hydrogen-bond acceptors (Lipinski definition) is 2. The van der Waals surface area contributed by atoms with Crippen LogP contribution in [-0.2, 0) is 0 Å². The number of pyridine rings is 1. The summed E-state index contributed by atoms with van der Waals surface area (Å²) in [5, 5.41) is 11.1. The molecule has 0 radical (unpaired) electrons. The zero-order chi connectivity index (χ0) is 20.1. The van der Waals surface area contributed by atoms with E-state index in [9.17, 15) is 0 Å². The maximum Gasteiger partial charge on any atom is 0.0753 e. The molecule has 4 heterocycles. The first-order chi connectivity index (χ1) is 15.4. The molecule has 4 aromatic carbocycles. The van der Waals surface area contributed by atoms with Gasteiger partial charge < -0.3 is 4.57 Å². The Labute approximate surface area is 180 Å². The molecule has 0 saturated carbocycles. The van der Waals surface area contributed by atoms with Crippen molar-refractivity contribution in [2.24, 2.45) is 0 Å². The monoisotopic (exact) mass is 413 g/mol. The summed E-state index contributed by atoms with van der Waals surface area (Å²) in [5.41, 5.74) is 6.03. The van der Waals surface area contributed by atoms with Crippen LogP contribution < -0.4 is 0 Å². The van der Waals surface area contributed by atoms with Crippen LogP contribution in [0.1, 0.15) is 0 Å². The van der Waals surface area contributed by atoms with Crippen molar-refractivity contribution in [2.75, 3.05) is 0 Å². The quantitative estimate of drug-likeness (QED) is 0.257. The minimum Gasteiger partial charge on any atom is -0.308 e. The molecule has 0 aliphatic heterocycles. The summed E-state index contributed by atoms with van der Waals surface area (Å²) >= 11 is 1.88. The lowest BCUT2D eigenvalue weighted by Crippen LogP contribution is -1.93. The predicted octanol–water partition coefficient (Wildman–Crippen LogP) is 7.39. The van der Waals surface area contributed by atoms with Gasteiger partial charge in [-0.1, -0.05) is 48.5 Å². The van der Waals surface area contributed by atoms with E-state index in [-0.39, 0.29) is 0 Å². The van der Waals surface area contributed by atoms with E-state index in [1.165, 1.54) is 53.1 Å². The Hall–Kier alpha value is -3.89. The lowest BCUT2D eigenvalue weighted by molar-refractivity contribution is 1.01. The van der Waals surface area contributed by atoms with Crippen LogP contribution in [0, 0.1) is 0 Å². The molecule has 0 saturated heterocycles. The molecule has 0 spiro atoms. The Morgan fingerprint density at radius 2 is 1.32 bits per heavy atom. The highest BCUT2D eigenvalue weighted by Gasteiger charge is 2.21. The fourth-order valence-electron chi connectivity index (χ4n) is 5.35. The zero-order valence-electron chi connectivity index (χ0n) is 16.4. The van der Waals surface area contributed by atoms with Gasteiger partial charge in [0.25, 0.3) is 0 Å². The summed E-state index contributed by atoms with van der Waals surface area (Å²) in [5.74, 6) is 0. The molecule has 4 heteroatoms. The highest BCUT2D eigenvalue weighted by atomic mass is 32.1. The zero-order valence-corrected chi connectivity index (χ0v) is 17.2. The molecule has 31 heavy (non-hydrogen) atoms. The first kappa shape index (κ1) is 15.9. The minimum absolute atomic E-state index is 1.16. The molecule has 8 rings (SSSR count). The number of thiophene rings is 1. The van der Waals surface area contributed by atoms with Crippen molar-refractivity contribution in [3.63, 3.8) is 0 Å². The van der Waals surface area contributed by atoms with E-state index in [4.69, 9.17) is 0 Å². The Morgan fingerprint density at radius 1 is 0.581 bits per heavy atom. The van der Waals surface area contributed by atoms with Gasteiger partial charge in [-0.15, -0.1) is 11.3 Å². The van der Waals surface area contributed by atoms with E-state index in [0.29, 0.717) is 0 Å². The second-order valence-corrected chi connectivity index (χ2v) is 9.14. The summed E-state index contributed by atoms with van der Waals surface area (Å²) in [6, 6.07) is 30.7. The standard InChI is InChI=1S/C27H15N3S/c1-2-13-24-16(6-1)17-7-3-12-23(27(17)31-24)29-20-9-4-8-18-19-14-15-28-30(19)22-11-5-10-21(29)26(22)25(18)20/h1-15H. The van der Waals surface area contributed by atoms with Crippen molar-refractivity contribution < 1.29 is 0 Å². The van der Waals surface area contributed by atoms with E-state index >= 15 is 0 Å². The van der Waals surface area contributed by atoms with E-state index < -0.39 is 0 Å². The maximum absolute atomic E-state index is 4.64. The Kier molecular flexibility index (Phi) is 2.78. The number of rotatable bonds is 1. The molecule has 0 amide bonds. The molecule has 3 nitrogen and oxygen atoms in total. The van der Waals surface area contributed by atoms with Crippen molar-refractivity contribution in [3.8, 4) is 5.69 Å². The summed E-state index contributed by atoms with van der Waals surface area (Å²) in [4.78, 5) is 0. The first-order valence-electron chi connectivity index (χ1n) is 10.4.